The average Bonchev–Trinajstić information content (AvgIpc) is 3.27. The van der Waals surface area contributed by atoms with Crippen LogP contribution in [0.3, 0.4) is 0 Å². The predicted molar refractivity (Wildman–Crippen MR) is 122 cm³/mol. The normalized spacial score (nSPS) is 28.0. The number of rotatable bonds is 10. The smallest absolute Gasteiger partial charge is 0.190 e. The summed E-state index contributed by atoms with van der Waals surface area (Å²) in [5, 5.41) is 0. The van der Waals surface area contributed by atoms with Crippen molar-refractivity contribution in [3.63, 3.8) is 0 Å². The van der Waals surface area contributed by atoms with Crippen molar-refractivity contribution in [3.05, 3.63) is 59.7 Å². The van der Waals surface area contributed by atoms with E-state index in [4.69, 9.17) is 33.2 Å². The van der Waals surface area contributed by atoms with Gasteiger partial charge in [0.15, 0.2) is 12.1 Å². The molecule has 0 aliphatic carbocycles. The molecule has 2 aliphatic rings. The second-order valence-corrected chi connectivity index (χ2v) is 8.93. The molecule has 33 heavy (non-hydrogen) atoms. The van der Waals surface area contributed by atoms with Gasteiger partial charge in [-0.1, -0.05) is 31.2 Å². The molecule has 0 radical (unpaired) electrons. The van der Waals surface area contributed by atoms with Crippen LogP contribution in [0.2, 0.25) is 0 Å². The molecule has 1 unspecified atom stereocenters. The van der Waals surface area contributed by atoms with Crippen LogP contribution in [0.15, 0.2) is 48.5 Å². The standard InChI is InChI=1S/C26H34O7/c1-6-26(17-29-15-18-7-11-20(27-4)12-8-18)23(22-24(33-26)32-25(2,3)31-22)30-16-19-9-13-21(28-5)14-10-19/h7-14,22-24H,6,15-17H2,1-5H3/t22?,23-,24-,26-/m1/s1. The Morgan fingerprint density at radius 2 is 1.36 bits per heavy atom. The highest BCUT2D eigenvalue weighted by Gasteiger charge is 2.62. The average molecular weight is 459 g/mol. The lowest BCUT2D eigenvalue weighted by molar-refractivity contribution is -0.255. The van der Waals surface area contributed by atoms with E-state index in [2.05, 4.69) is 6.92 Å². The van der Waals surface area contributed by atoms with E-state index in [1.165, 1.54) is 0 Å². The fourth-order valence-electron chi connectivity index (χ4n) is 4.37. The van der Waals surface area contributed by atoms with Gasteiger partial charge in [-0.3, -0.25) is 0 Å². The highest BCUT2D eigenvalue weighted by molar-refractivity contribution is 5.27. The summed E-state index contributed by atoms with van der Waals surface area (Å²) >= 11 is 0. The van der Waals surface area contributed by atoms with E-state index in [1.54, 1.807) is 14.2 Å². The van der Waals surface area contributed by atoms with Crippen LogP contribution in [-0.2, 0) is 36.9 Å². The first-order chi connectivity index (χ1) is 15.9. The molecule has 0 saturated carbocycles. The highest BCUT2D eigenvalue weighted by atomic mass is 16.8. The molecule has 0 N–H and O–H groups in total. The Hall–Kier alpha value is -2.16. The maximum atomic E-state index is 6.44. The first kappa shape index (κ1) is 24.0. The molecule has 7 nitrogen and oxygen atoms in total. The Balaban J connectivity index is 1.45. The van der Waals surface area contributed by atoms with Crippen LogP contribution in [0.1, 0.15) is 38.3 Å². The van der Waals surface area contributed by atoms with Crippen LogP contribution in [0, 0.1) is 0 Å². The Morgan fingerprint density at radius 3 is 1.91 bits per heavy atom. The fourth-order valence-corrected chi connectivity index (χ4v) is 4.37. The predicted octanol–water partition coefficient (Wildman–Crippen LogP) is 4.46. The summed E-state index contributed by atoms with van der Waals surface area (Å²) in [6.45, 7) is 7.11. The van der Waals surface area contributed by atoms with Crippen LogP contribution in [0.5, 0.6) is 11.5 Å². The Labute approximate surface area is 195 Å². The number of fused-ring (bicyclic) bond motifs is 1. The second kappa shape index (κ2) is 9.99. The third-order valence-corrected chi connectivity index (χ3v) is 6.22. The van der Waals surface area contributed by atoms with Crippen molar-refractivity contribution >= 4 is 0 Å². The lowest BCUT2D eigenvalue weighted by Crippen LogP contribution is -2.49. The molecule has 2 aliphatic heterocycles. The zero-order valence-electron chi connectivity index (χ0n) is 20.0. The molecule has 2 aromatic rings. The van der Waals surface area contributed by atoms with Crippen LogP contribution in [0.4, 0.5) is 0 Å². The third-order valence-electron chi connectivity index (χ3n) is 6.22. The van der Waals surface area contributed by atoms with Crippen LogP contribution >= 0.6 is 0 Å². The van der Waals surface area contributed by atoms with Gasteiger partial charge in [-0.05, 0) is 55.7 Å². The lowest BCUT2D eigenvalue weighted by atomic mass is 9.93. The SMILES string of the molecule is CC[C@]1(COCc2ccc(OC)cc2)O[C@H]2OC(C)(C)OC2[C@H]1OCc1ccc(OC)cc1. The van der Waals surface area contributed by atoms with E-state index in [1.807, 2.05) is 62.4 Å². The van der Waals surface area contributed by atoms with E-state index < -0.39 is 17.7 Å². The van der Waals surface area contributed by atoms with Crippen molar-refractivity contribution in [2.24, 2.45) is 0 Å². The maximum absolute atomic E-state index is 6.44. The zero-order chi connectivity index (χ0) is 23.5. The first-order valence-electron chi connectivity index (χ1n) is 11.4. The van der Waals surface area contributed by atoms with E-state index in [9.17, 15) is 0 Å². The molecule has 2 fully saturated rings. The molecular formula is C26H34O7. The Kier molecular flexibility index (Phi) is 7.26. The van der Waals surface area contributed by atoms with Gasteiger partial charge in [0.2, 0.25) is 0 Å². The number of methoxy groups -OCH3 is 2. The quantitative estimate of drug-likeness (QED) is 0.521. The summed E-state index contributed by atoms with van der Waals surface area (Å²) in [6, 6.07) is 15.7. The topological polar surface area (TPSA) is 64.6 Å². The summed E-state index contributed by atoms with van der Waals surface area (Å²) in [7, 11) is 3.31. The van der Waals surface area contributed by atoms with Crippen molar-refractivity contribution in [1.29, 1.82) is 0 Å². The minimum atomic E-state index is -0.721. The minimum absolute atomic E-state index is 0.331. The van der Waals surface area contributed by atoms with Gasteiger partial charge in [0.05, 0.1) is 34.0 Å². The minimum Gasteiger partial charge on any atom is -0.497 e. The molecule has 4 rings (SSSR count). The van der Waals surface area contributed by atoms with Crippen LogP contribution < -0.4 is 9.47 Å². The van der Waals surface area contributed by atoms with E-state index in [0.29, 0.717) is 26.2 Å². The van der Waals surface area contributed by atoms with Crippen molar-refractivity contribution in [2.45, 2.75) is 70.3 Å². The molecule has 4 atom stereocenters. The molecule has 0 amide bonds. The van der Waals surface area contributed by atoms with E-state index in [0.717, 1.165) is 22.6 Å². The highest BCUT2D eigenvalue weighted by Crippen LogP contribution is 2.45. The van der Waals surface area contributed by atoms with Crippen molar-refractivity contribution in [1.82, 2.24) is 0 Å². The summed E-state index contributed by atoms with van der Waals surface area (Å²) < 4.78 is 41.7. The van der Waals surface area contributed by atoms with Crippen molar-refractivity contribution < 1.29 is 33.2 Å². The largest absolute Gasteiger partial charge is 0.497 e. The molecule has 0 aromatic heterocycles. The van der Waals surface area contributed by atoms with Crippen molar-refractivity contribution in [2.75, 3.05) is 20.8 Å². The first-order valence-corrected chi connectivity index (χ1v) is 11.4. The van der Waals surface area contributed by atoms with Crippen LogP contribution in [0.25, 0.3) is 0 Å². The summed E-state index contributed by atoms with van der Waals surface area (Å²) in [5.41, 5.74) is 1.43. The molecular weight excluding hydrogens is 424 g/mol. The fraction of sp³-hybridized carbons (Fsp3) is 0.538. The number of ether oxygens (including phenoxy) is 7. The van der Waals surface area contributed by atoms with Gasteiger partial charge in [-0.2, -0.15) is 0 Å². The summed E-state index contributed by atoms with van der Waals surface area (Å²) in [5.74, 6) is 0.910. The molecule has 0 spiro atoms. The summed E-state index contributed by atoms with van der Waals surface area (Å²) in [4.78, 5) is 0. The van der Waals surface area contributed by atoms with E-state index >= 15 is 0 Å². The van der Waals surface area contributed by atoms with E-state index in [-0.39, 0.29) is 12.2 Å². The van der Waals surface area contributed by atoms with Gasteiger partial charge in [0, 0.05) is 0 Å². The molecule has 7 heteroatoms. The van der Waals surface area contributed by atoms with Crippen molar-refractivity contribution in [3.8, 4) is 11.5 Å². The Bertz CT molecular complexity index is 896. The molecule has 0 bridgehead atoms. The zero-order valence-corrected chi connectivity index (χ0v) is 20.0. The van der Waals surface area contributed by atoms with Gasteiger partial charge >= 0.3 is 0 Å². The maximum Gasteiger partial charge on any atom is 0.190 e. The number of hydrogen-bond acceptors (Lipinski definition) is 7. The van der Waals surface area contributed by atoms with Gasteiger partial charge in [-0.25, -0.2) is 0 Å². The van der Waals surface area contributed by atoms with Gasteiger partial charge in [0.25, 0.3) is 0 Å². The van der Waals surface area contributed by atoms with Crippen LogP contribution in [-0.4, -0.2) is 50.7 Å². The van der Waals surface area contributed by atoms with Gasteiger partial charge in [0.1, 0.15) is 29.3 Å². The second-order valence-electron chi connectivity index (χ2n) is 8.93. The van der Waals surface area contributed by atoms with Gasteiger partial charge < -0.3 is 33.2 Å². The molecule has 180 valence electrons. The molecule has 2 aromatic carbocycles. The number of benzene rings is 2. The molecule has 2 heterocycles. The monoisotopic (exact) mass is 458 g/mol. The molecule has 2 saturated heterocycles. The number of hydrogen-bond donors (Lipinski definition) is 0. The lowest BCUT2D eigenvalue weighted by Gasteiger charge is -2.36. The third kappa shape index (κ3) is 5.34. The van der Waals surface area contributed by atoms with Gasteiger partial charge in [-0.15, -0.1) is 0 Å². The summed E-state index contributed by atoms with van der Waals surface area (Å²) in [6.07, 6.45) is -0.469. The Morgan fingerprint density at radius 1 is 0.788 bits per heavy atom.